The van der Waals surface area contributed by atoms with Crippen LogP contribution in [0.1, 0.15) is 9.78 Å². The molecule has 0 saturated heterocycles. The van der Waals surface area contributed by atoms with Crippen LogP contribution >= 0.6 is 0 Å². The van der Waals surface area contributed by atoms with Crippen molar-refractivity contribution in [2.75, 3.05) is 0 Å². The predicted molar refractivity (Wildman–Crippen MR) is 15.5 cm³/mol. The van der Waals surface area contributed by atoms with E-state index in [-0.39, 0.29) is 90.6 Å². The monoisotopic (exact) mass is 202 g/mol. The summed E-state index contributed by atoms with van der Waals surface area (Å²) < 4.78 is 0. The van der Waals surface area contributed by atoms with Gasteiger partial charge in [0.1, 0.15) is 0 Å². The molecule has 2 nitrogen and oxygen atoms in total. The first kappa shape index (κ1) is 15.7. The molecule has 0 fully saturated rings. The average molecular weight is 202 g/mol. The molecule has 6 heavy (non-hydrogen) atoms. The summed E-state index contributed by atoms with van der Waals surface area (Å²) >= 11 is 0. The maximum atomic E-state index is 9.00. The molecule has 4 heteroatoms. The van der Waals surface area contributed by atoms with Crippen molar-refractivity contribution in [1.29, 1.82) is 0 Å². The summed E-state index contributed by atoms with van der Waals surface area (Å²) in [6.45, 7) is 1.08. The zero-order chi connectivity index (χ0) is 3.58. The molecular formula is C2H6CsLiO2. The molecule has 0 bridgehead atoms. The van der Waals surface area contributed by atoms with Crippen molar-refractivity contribution >= 4 is 5.97 Å². The molecule has 0 aliphatic heterocycles. The van der Waals surface area contributed by atoms with Crippen molar-refractivity contribution in [2.45, 2.75) is 6.92 Å². The second-order valence-electron chi connectivity index (χ2n) is 0.519. The third kappa shape index (κ3) is 35.7. The topological polar surface area (TPSA) is 37.3 Å². The van der Waals surface area contributed by atoms with Crippen LogP contribution in [-0.4, -0.2) is 11.1 Å². The third-order valence-corrected chi connectivity index (χ3v) is 0. The fourth-order valence-corrected chi connectivity index (χ4v) is 0. The molecule has 0 heterocycles. The minimum atomic E-state index is -0.833. The smallest absolute Gasteiger partial charge is 1.00 e. The van der Waals surface area contributed by atoms with Crippen molar-refractivity contribution in [3.8, 4) is 0 Å². The van der Waals surface area contributed by atoms with Crippen LogP contribution in [0.5, 0.6) is 0 Å². The van der Waals surface area contributed by atoms with Gasteiger partial charge in [-0.25, -0.2) is 0 Å². The van der Waals surface area contributed by atoms with Gasteiger partial charge in [-0.05, 0) is 0 Å². The second-order valence-corrected chi connectivity index (χ2v) is 0.519. The van der Waals surface area contributed by atoms with Gasteiger partial charge in [0.15, 0.2) is 0 Å². The minimum absolute atomic E-state index is 0. The number of hydrogen-bond acceptors (Lipinski definition) is 1. The number of aliphatic carboxylic acids is 1. The van der Waals surface area contributed by atoms with Gasteiger partial charge in [-0.1, -0.05) is 0 Å². The first-order chi connectivity index (χ1) is 1.73. The molecule has 28 valence electrons. The minimum Gasteiger partial charge on any atom is -1.00 e. The van der Waals surface area contributed by atoms with Gasteiger partial charge in [0.2, 0.25) is 0 Å². The van der Waals surface area contributed by atoms with E-state index in [0.29, 0.717) is 0 Å². The molecular weight excluding hydrogens is 196 g/mol. The van der Waals surface area contributed by atoms with Crippen LogP contribution in [0.3, 0.4) is 0 Å². The van der Waals surface area contributed by atoms with Crippen molar-refractivity contribution in [3.05, 3.63) is 0 Å². The van der Waals surface area contributed by atoms with Crippen molar-refractivity contribution in [1.82, 2.24) is 0 Å². The summed E-state index contributed by atoms with van der Waals surface area (Å²) in [6.07, 6.45) is 0. The molecule has 0 spiro atoms. The zero-order valence-electron chi connectivity index (χ0n) is 6.36. The maximum absolute atomic E-state index is 9.00. The van der Waals surface area contributed by atoms with Crippen LogP contribution in [0.25, 0.3) is 0 Å². The van der Waals surface area contributed by atoms with Crippen LogP contribution < -0.4 is 87.8 Å². The van der Waals surface area contributed by atoms with Crippen LogP contribution in [0.4, 0.5) is 0 Å². The van der Waals surface area contributed by atoms with Gasteiger partial charge in [-0.3, -0.25) is 4.79 Å². The van der Waals surface area contributed by atoms with E-state index in [9.17, 15) is 0 Å². The Morgan fingerprint density at radius 2 is 1.83 bits per heavy atom. The summed E-state index contributed by atoms with van der Waals surface area (Å²) in [6, 6.07) is 0. The van der Waals surface area contributed by atoms with E-state index in [2.05, 4.69) is 0 Å². The quantitative estimate of drug-likeness (QED) is 0.397. The van der Waals surface area contributed by atoms with Gasteiger partial charge in [0.25, 0.3) is 5.97 Å². The Kier molecular flexibility index (Phi) is 26.6. The normalized spacial score (nSPS) is 4.17. The Morgan fingerprint density at radius 1 is 1.83 bits per heavy atom. The molecule has 0 aliphatic carbocycles. The predicted octanol–water partition coefficient (Wildman–Crippen LogP) is -5.68. The Balaban J connectivity index is -0.00000000750. The third-order valence-electron chi connectivity index (χ3n) is 0. The molecule has 0 rings (SSSR count). The number of rotatable bonds is 0. The summed E-state index contributed by atoms with van der Waals surface area (Å²) in [5.74, 6) is -0.833. The first-order valence-electron chi connectivity index (χ1n) is 0.928. The Hall–Kier alpha value is 2.12. The van der Waals surface area contributed by atoms with E-state index in [1.807, 2.05) is 0 Å². The molecule has 0 aromatic heterocycles. The Bertz CT molecular complexity index is 41.0. The van der Waals surface area contributed by atoms with E-state index in [4.69, 9.17) is 9.90 Å². The van der Waals surface area contributed by atoms with Crippen LogP contribution in [-0.2, 0) is 4.79 Å². The molecule has 0 unspecified atom stereocenters. The van der Waals surface area contributed by atoms with E-state index in [0.717, 1.165) is 6.92 Å². The molecule has 1 N–H and O–H groups in total. The number of carboxylic acid groups (broad SMARTS) is 1. The summed E-state index contributed by atoms with van der Waals surface area (Å²) in [5, 5.41) is 7.42. The zero-order valence-corrected chi connectivity index (χ0v) is 10.6. The fourth-order valence-electron chi connectivity index (χ4n) is 0. The van der Waals surface area contributed by atoms with Crippen LogP contribution in [0.15, 0.2) is 0 Å². The molecule has 0 aliphatic rings. The van der Waals surface area contributed by atoms with Gasteiger partial charge in [-0.15, -0.1) is 0 Å². The van der Waals surface area contributed by atoms with Gasteiger partial charge in [0, 0.05) is 6.92 Å². The largest absolute Gasteiger partial charge is 1.00 e. The van der Waals surface area contributed by atoms with E-state index >= 15 is 0 Å². The van der Waals surface area contributed by atoms with E-state index in [1.165, 1.54) is 0 Å². The number of carbonyl (C=O) groups is 1. The van der Waals surface area contributed by atoms with Gasteiger partial charge >= 0.3 is 87.8 Å². The van der Waals surface area contributed by atoms with Crippen LogP contribution in [0, 0.1) is 0 Å². The number of hydrogen-bond donors (Lipinski definition) is 1. The summed E-state index contributed by atoms with van der Waals surface area (Å²) in [4.78, 5) is 9.00. The average Bonchev–Trinajstić information content (AvgIpc) is 0.811. The molecule has 0 saturated carbocycles. The SMILES string of the molecule is CC(=O)O.[Cs+].[H-].[H-].[Li+]. The van der Waals surface area contributed by atoms with Crippen molar-refractivity contribution < 1.29 is 101 Å². The van der Waals surface area contributed by atoms with Gasteiger partial charge < -0.3 is 7.96 Å². The van der Waals surface area contributed by atoms with E-state index in [1.54, 1.807) is 0 Å². The van der Waals surface area contributed by atoms with Crippen molar-refractivity contribution in [2.24, 2.45) is 0 Å². The van der Waals surface area contributed by atoms with Crippen LogP contribution in [0.2, 0.25) is 0 Å². The van der Waals surface area contributed by atoms with E-state index < -0.39 is 5.97 Å². The number of carboxylic acids is 1. The first-order valence-corrected chi connectivity index (χ1v) is 0.928. The molecule has 0 aromatic carbocycles. The Labute approximate surface area is 111 Å². The molecule has 0 aromatic rings. The van der Waals surface area contributed by atoms with Crippen molar-refractivity contribution in [3.63, 3.8) is 0 Å². The maximum Gasteiger partial charge on any atom is 1.00 e. The molecule has 0 amide bonds. The van der Waals surface area contributed by atoms with Gasteiger partial charge in [-0.2, -0.15) is 0 Å². The summed E-state index contributed by atoms with van der Waals surface area (Å²) in [7, 11) is 0. The molecule has 0 atom stereocenters. The standard InChI is InChI=1S/C2H4O2.Cs.Li.2H/c1-2(3)4;;;;/h1H3,(H,3,4);;;;/q;2*+1;2*-1. The van der Waals surface area contributed by atoms with Gasteiger partial charge in [0.05, 0.1) is 0 Å². The second kappa shape index (κ2) is 10.2. The fraction of sp³-hybridized carbons (Fsp3) is 0.500. The Morgan fingerprint density at radius 3 is 1.83 bits per heavy atom. The summed E-state index contributed by atoms with van der Waals surface area (Å²) in [5.41, 5.74) is 0. The molecule has 0 radical (unpaired) electrons.